The summed E-state index contributed by atoms with van der Waals surface area (Å²) in [5.74, 6) is -0.136. The van der Waals surface area contributed by atoms with Gasteiger partial charge < -0.3 is 10.5 Å². The fraction of sp³-hybridized carbons (Fsp3) is 0.389. The van der Waals surface area contributed by atoms with Crippen LogP contribution >= 0.6 is 11.3 Å². The van der Waals surface area contributed by atoms with Crippen LogP contribution < -0.4 is 15.8 Å². The number of hydrogen-bond donors (Lipinski definition) is 2. The molecule has 0 aliphatic heterocycles. The van der Waals surface area contributed by atoms with E-state index in [2.05, 4.69) is 31.1 Å². The molecule has 0 spiro atoms. The zero-order valence-corrected chi connectivity index (χ0v) is 15.6. The first kappa shape index (κ1) is 18.9. The summed E-state index contributed by atoms with van der Waals surface area (Å²) in [6, 6.07) is 7.71. The van der Waals surface area contributed by atoms with E-state index >= 15 is 0 Å². The third-order valence-corrected chi connectivity index (χ3v) is 4.35. The van der Waals surface area contributed by atoms with Gasteiger partial charge in [-0.05, 0) is 30.0 Å². The van der Waals surface area contributed by atoms with Gasteiger partial charge in [0, 0.05) is 5.38 Å². The highest BCUT2D eigenvalue weighted by Crippen LogP contribution is 2.25. The minimum Gasteiger partial charge on any atom is -0.481 e. The van der Waals surface area contributed by atoms with Crippen molar-refractivity contribution in [2.45, 2.75) is 45.6 Å². The van der Waals surface area contributed by atoms with Crippen LogP contribution in [0.2, 0.25) is 0 Å². The number of rotatable bonds is 6. The second-order valence-corrected chi connectivity index (χ2v) is 7.67. The number of benzene rings is 1. The van der Waals surface area contributed by atoms with Crippen molar-refractivity contribution < 1.29 is 14.3 Å². The molecule has 7 heteroatoms. The first-order chi connectivity index (χ1) is 11.6. The van der Waals surface area contributed by atoms with Crippen LogP contribution in [0.1, 0.15) is 39.0 Å². The van der Waals surface area contributed by atoms with Crippen molar-refractivity contribution >= 4 is 28.3 Å². The maximum Gasteiger partial charge on any atom is 0.266 e. The number of hydrogen-bond acceptors (Lipinski definition) is 5. The molecular formula is C18H23N3O3S. The summed E-state index contributed by atoms with van der Waals surface area (Å²) in [7, 11) is 0. The predicted octanol–water partition coefficient (Wildman–Crippen LogP) is 2.87. The van der Waals surface area contributed by atoms with Crippen molar-refractivity contribution in [1.82, 2.24) is 4.98 Å². The molecule has 134 valence electrons. The Bertz CT molecular complexity index is 748. The molecule has 0 saturated carbocycles. The lowest BCUT2D eigenvalue weighted by Gasteiger charge is -2.20. The number of thiazole rings is 1. The van der Waals surface area contributed by atoms with Crippen molar-refractivity contribution in [1.29, 1.82) is 0 Å². The number of nitrogens with one attached hydrogen (secondary N) is 1. The van der Waals surface area contributed by atoms with Crippen LogP contribution in [0.3, 0.4) is 0 Å². The van der Waals surface area contributed by atoms with E-state index in [0.29, 0.717) is 16.6 Å². The maximum atomic E-state index is 12.2. The molecule has 2 aromatic rings. The van der Waals surface area contributed by atoms with Crippen LogP contribution in [-0.2, 0) is 21.4 Å². The molecule has 0 aliphatic carbocycles. The fourth-order valence-corrected chi connectivity index (χ4v) is 2.84. The molecule has 25 heavy (non-hydrogen) atoms. The number of primary amides is 1. The summed E-state index contributed by atoms with van der Waals surface area (Å²) < 4.78 is 5.68. The maximum absolute atomic E-state index is 12.2. The Labute approximate surface area is 151 Å². The molecular weight excluding hydrogens is 338 g/mol. The monoisotopic (exact) mass is 361 g/mol. The van der Waals surface area contributed by atoms with E-state index in [0.717, 1.165) is 0 Å². The molecule has 1 aromatic heterocycles. The average Bonchev–Trinajstić information content (AvgIpc) is 2.93. The van der Waals surface area contributed by atoms with E-state index < -0.39 is 12.0 Å². The van der Waals surface area contributed by atoms with Crippen molar-refractivity contribution in [3.63, 3.8) is 0 Å². The lowest BCUT2D eigenvalue weighted by Crippen LogP contribution is -2.30. The Balaban J connectivity index is 1.93. The summed E-state index contributed by atoms with van der Waals surface area (Å²) in [5.41, 5.74) is 6.93. The van der Waals surface area contributed by atoms with Crippen LogP contribution in [0, 0.1) is 0 Å². The van der Waals surface area contributed by atoms with Crippen molar-refractivity contribution in [3.8, 4) is 5.75 Å². The Morgan fingerprint density at radius 2 is 1.92 bits per heavy atom. The predicted molar refractivity (Wildman–Crippen MR) is 98.9 cm³/mol. The number of nitrogens with two attached hydrogens (primary N) is 1. The first-order valence-corrected chi connectivity index (χ1v) is 8.84. The zero-order valence-electron chi connectivity index (χ0n) is 14.8. The third-order valence-electron chi connectivity index (χ3n) is 3.54. The molecule has 1 aromatic carbocycles. The van der Waals surface area contributed by atoms with Gasteiger partial charge in [0.1, 0.15) is 5.75 Å². The standard InChI is InChI=1S/C18H23N3O3S/c1-11(24-14-7-5-12(6-8-14)18(2,3)4)16(23)21-17-20-13(10-25-17)9-15(19)22/h5-8,10-11H,9H2,1-4H3,(H2,19,22)(H,20,21,23). The first-order valence-electron chi connectivity index (χ1n) is 7.96. The minimum absolute atomic E-state index is 0.0541. The van der Waals surface area contributed by atoms with Crippen LogP contribution in [0.5, 0.6) is 5.75 Å². The van der Waals surface area contributed by atoms with Gasteiger partial charge >= 0.3 is 0 Å². The normalized spacial score (nSPS) is 12.5. The zero-order chi connectivity index (χ0) is 18.6. The third kappa shape index (κ3) is 5.56. The molecule has 0 aliphatic rings. The van der Waals surface area contributed by atoms with Gasteiger partial charge in [0.15, 0.2) is 11.2 Å². The fourth-order valence-electron chi connectivity index (χ4n) is 2.12. The van der Waals surface area contributed by atoms with Crippen LogP contribution in [0.25, 0.3) is 0 Å². The lowest BCUT2D eigenvalue weighted by molar-refractivity contribution is -0.122. The molecule has 0 saturated heterocycles. The number of ether oxygens (including phenoxy) is 1. The molecule has 0 fully saturated rings. The molecule has 6 nitrogen and oxygen atoms in total. The number of carbonyl (C=O) groups is 2. The Kier molecular flexibility index (Phi) is 5.79. The van der Waals surface area contributed by atoms with E-state index in [-0.39, 0.29) is 17.7 Å². The van der Waals surface area contributed by atoms with Crippen LogP contribution in [-0.4, -0.2) is 22.9 Å². The number of anilines is 1. The van der Waals surface area contributed by atoms with Gasteiger partial charge in [0.25, 0.3) is 5.91 Å². The molecule has 2 rings (SSSR count). The highest BCUT2D eigenvalue weighted by atomic mass is 32.1. The van der Waals surface area contributed by atoms with Gasteiger partial charge in [0.05, 0.1) is 12.1 Å². The van der Waals surface area contributed by atoms with E-state index in [1.54, 1.807) is 12.3 Å². The molecule has 2 amide bonds. The lowest BCUT2D eigenvalue weighted by atomic mass is 9.87. The summed E-state index contributed by atoms with van der Waals surface area (Å²) in [5, 5.41) is 4.79. The Morgan fingerprint density at radius 1 is 1.28 bits per heavy atom. The molecule has 0 radical (unpaired) electrons. The smallest absolute Gasteiger partial charge is 0.266 e. The second kappa shape index (κ2) is 7.65. The summed E-state index contributed by atoms with van der Waals surface area (Å²) in [6.45, 7) is 8.09. The SMILES string of the molecule is CC(Oc1ccc(C(C)(C)C)cc1)C(=O)Nc1nc(CC(N)=O)cs1. The number of carbonyl (C=O) groups excluding carboxylic acids is 2. The average molecular weight is 361 g/mol. The molecule has 0 bridgehead atoms. The highest BCUT2D eigenvalue weighted by Gasteiger charge is 2.18. The molecule has 3 N–H and O–H groups in total. The Hall–Kier alpha value is -2.41. The van der Waals surface area contributed by atoms with Gasteiger partial charge in [-0.25, -0.2) is 4.98 Å². The van der Waals surface area contributed by atoms with Crippen molar-refractivity contribution in [3.05, 3.63) is 40.9 Å². The van der Waals surface area contributed by atoms with E-state index in [4.69, 9.17) is 10.5 Å². The summed E-state index contributed by atoms with van der Waals surface area (Å²) >= 11 is 1.24. The minimum atomic E-state index is -0.677. The van der Waals surface area contributed by atoms with Gasteiger partial charge in [-0.2, -0.15) is 0 Å². The van der Waals surface area contributed by atoms with Crippen molar-refractivity contribution in [2.24, 2.45) is 5.73 Å². The van der Waals surface area contributed by atoms with Crippen molar-refractivity contribution in [2.75, 3.05) is 5.32 Å². The van der Waals surface area contributed by atoms with E-state index in [9.17, 15) is 9.59 Å². The summed E-state index contributed by atoms with van der Waals surface area (Å²) in [6.07, 6.45) is -0.623. The Morgan fingerprint density at radius 3 is 2.48 bits per heavy atom. The largest absolute Gasteiger partial charge is 0.481 e. The number of aromatic nitrogens is 1. The molecule has 1 heterocycles. The van der Waals surface area contributed by atoms with E-state index in [1.807, 2.05) is 24.3 Å². The number of amides is 2. The highest BCUT2D eigenvalue weighted by molar-refractivity contribution is 7.13. The van der Waals surface area contributed by atoms with Crippen LogP contribution in [0.15, 0.2) is 29.6 Å². The quantitative estimate of drug-likeness (QED) is 0.827. The second-order valence-electron chi connectivity index (χ2n) is 6.81. The van der Waals surface area contributed by atoms with Gasteiger partial charge in [-0.1, -0.05) is 32.9 Å². The molecule has 1 atom stereocenters. The van der Waals surface area contributed by atoms with Gasteiger partial charge in [0.2, 0.25) is 5.91 Å². The summed E-state index contributed by atoms with van der Waals surface area (Å²) in [4.78, 5) is 27.2. The number of nitrogens with zero attached hydrogens (tertiary/aromatic N) is 1. The topological polar surface area (TPSA) is 94.3 Å². The van der Waals surface area contributed by atoms with Crippen LogP contribution in [0.4, 0.5) is 5.13 Å². The van der Waals surface area contributed by atoms with Gasteiger partial charge in [-0.15, -0.1) is 11.3 Å². The molecule has 1 unspecified atom stereocenters. The van der Waals surface area contributed by atoms with Gasteiger partial charge in [-0.3, -0.25) is 14.9 Å². The van der Waals surface area contributed by atoms with E-state index in [1.165, 1.54) is 16.9 Å².